The molecule has 0 radical (unpaired) electrons. The van der Waals surface area contributed by atoms with Gasteiger partial charge in [0.05, 0.1) is 6.07 Å². The summed E-state index contributed by atoms with van der Waals surface area (Å²) in [5.41, 5.74) is 2.97. The van der Waals surface area contributed by atoms with Gasteiger partial charge in [-0.2, -0.15) is 5.26 Å². The first kappa shape index (κ1) is 16.8. The highest BCUT2D eigenvalue weighted by atomic mass is 14.3. The molecular weight excluding hydrogens is 266 g/mol. The molecule has 0 spiro atoms. The van der Waals surface area contributed by atoms with Crippen LogP contribution in [0.2, 0.25) is 0 Å². The van der Waals surface area contributed by atoms with E-state index in [1.807, 2.05) is 0 Å². The van der Waals surface area contributed by atoms with Crippen LogP contribution in [-0.4, -0.2) is 0 Å². The number of benzene rings is 1. The normalized spacial score (nSPS) is 21.8. The van der Waals surface area contributed by atoms with Crippen LogP contribution in [0.5, 0.6) is 0 Å². The first-order valence-electron chi connectivity index (χ1n) is 8.96. The zero-order valence-corrected chi connectivity index (χ0v) is 13.9. The average Bonchev–Trinajstić information content (AvgIpc) is 2.58. The van der Waals surface area contributed by atoms with E-state index in [0.29, 0.717) is 5.92 Å². The van der Waals surface area contributed by atoms with E-state index >= 15 is 0 Å². The van der Waals surface area contributed by atoms with E-state index in [-0.39, 0.29) is 0 Å². The maximum Gasteiger partial charge on any atom is 0.0908 e. The van der Waals surface area contributed by atoms with Crippen molar-refractivity contribution in [2.45, 2.75) is 64.7 Å². The lowest BCUT2D eigenvalue weighted by atomic mass is 9.79. The summed E-state index contributed by atoms with van der Waals surface area (Å²) in [4.78, 5) is 0. The van der Waals surface area contributed by atoms with Gasteiger partial charge in [-0.05, 0) is 74.3 Å². The lowest BCUT2D eigenvalue weighted by molar-refractivity contribution is 0.296. The number of hydrogen-bond donors (Lipinski definition) is 0. The Labute approximate surface area is 136 Å². The van der Waals surface area contributed by atoms with Gasteiger partial charge in [0.15, 0.2) is 0 Å². The summed E-state index contributed by atoms with van der Waals surface area (Å²) in [6.07, 6.45) is 15.3. The van der Waals surface area contributed by atoms with E-state index in [1.165, 1.54) is 68.9 Å². The van der Waals surface area contributed by atoms with Crippen LogP contribution in [0.15, 0.2) is 36.4 Å². The summed E-state index contributed by atoms with van der Waals surface area (Å²) in [5.74, 6) is 1.53. The second kappa shape index (κ2) is 9.46. The van der Waals surface area contributed by atoms with Crippen LogP contribution in [0.4, 0.5) is 0 Å². The molecule has 0 heterocycles. The molecule has 0 amide bonds. The fraction of sp³-hybridized carbons (Fsp3) is 0.571. The molecule has 0 N–H and O–H groups in total. The topological polar surface area (TPSA) is 23.8 Å². The van der Waals surface area contributed by atoms with Crippen LogP contribution in [0.3, 0.4) is 0 Å². The van der Waals surface area contributed by atoms with Crippen LogP contribution in [0, 0.1) is 23.2 Å². The number of unbranched alkanes of at least 4 members (excludes halogenated alkanes) is 1. The molecule has 1 aliphatic carbocycles. The quantitative estimate of drug-likeness (QED) is 0.579. The van der Waals surface area contributed by atoms with Crippen molar-refractivity contribution < 1.29 is 0 Å². The highest BCUT2D eigenvalue weighted by Gasteiger charge is 2.19. The van der Waals surface area contributed by atoms with Crippen LogP contribution in [0.25, 0.3) is 0 Å². The Kier molecular flexibility index (Phi) is 7.23. The second-order valence-electron chi connectivity index (χ2n) is 6.73. The number of aryl methyl sites for hydroxylation is 2. The van der Waals surface area contributed by atoms with Crippen LogP contribution < -0.4 is 0 Å². The number of hydrogen-bond acceptors (Lipinski definition) is 1. The molecule has 0 bridgehead atoms. The molecule has 0 aliphatic heterocycles. The number of nitriles is 1. The molecule has 0 aromatic heterocycles. The van der Waals surface area contributed by atoms with E-state index in [2.05, 4.69) is 43.3 Å². The van der Waals surface area contributed by atoms with Crippen molar-refractivity contribution in [3.8, 4) is 6.07 Å². The predicted molar refractivity (Wildman–Crippen MR) is 93.6 cm³/mol. The van der Waals surface area contributed by atoms with Crippen LogP contribution >= 0.6 is 0 Å². The van der Waals surface area contributed by atoms with E-state index in [4.69, 9.17) is 5.26 Å². The zero-order chi connectivity index (χ0) is 15.6. The SMILES string of the molecule is CCCCc1ccc(CCC2CCC(/C=C/C#N)CC2)cc1. The molecule has 1 nitrogen and oxygen atoms in total. The summed E-state index contributed by atoms with van der Waals surface area (Å²) >= 11 is 0. The van der Waals surface area contributed by atoms with Gasteiger partial charge < -0.3 is 0 Å². The molecule has 1 aromatic carbocycles. The highest BCUT2D eigenvalue weighted by molar-refractivity contribution is 5.22. The van der Waals surface area contributed by atoms with Crippen molar-refractivity contribution >= 4 is 0 Å². The van der Waals surface area contributed by atoms with Gasteiger partial charge >= 0.3 is 0 Å². The molecule has 1 heteroatoms. The van der Waals surface area contributed by atoms with Crippen LogP contribution in [0.1, 0.15) is 63.0 Å². The first-order chi connectivity index (χ1) is 10.8. The van der Waals surface area contributed by atoms with Crippen molar-refractivity contribution in [2.75, 3.05) is 0 Å². The van der Waals surface area contributed by atoms with E-state index < -0.39 is 0 Å². The van der Waals surface area contributed by atoms with Gasteiger partial charge in [-0.25, -0.2) is 0 Å². The second-order valence-corrected chi connectivity index (χ2v) is 6.73. The van der Waals surface area contributed by atoms with Gasteiger partial charge in [0.1, 0.15) is 0 Å². The Morgan fingerprint density at radius 1 is 1.05 bits per heavy atom. The molecule has 1 fully saturated rings. The first-order valence-corrected chi connectivity index (χ1v) is 8.96. The minimum atomic E-state index is 0.647. The summed E-state index contributed by atoms with van der Waals surface area (Å²) < 4.78 is 0. The standard InChI is InChI=1S/C21H29N/c1-2-3-5-18-7-11-20(12-8-18)15-16-21-13-9-19(10-14-21)6-4-17-22/h4,6-8,11-12,19,21H,2-3,5,9-10,13-16H2,1H3/b6-4+. The Morgan fingerprint density at radius 2 is 1.68 bits per heavy atom. The van der Waals surface area contributed by atoms with Gasteiger partial charge in [0, 0.05) is 6.08 Å². The lowest BCUT2D eigenvalue weighted by Gasteiger charge is -2.26. The van der Waals surface area contributed by atoms with Gasteiger partial charge in [-0.1, -0.05) is 43.7 Å². The fourth-order valence-electron chi connectivity index (χ4n) is 3.47. The zero-order valence-electron chi connectivity index (χ0n) is 13.9. The molecular formula is C21H29N. The largest absolute Gasteiger partial charge is 0.193 e. The van der Waals surface area contributed by atoms with Crippen molar-refractivity contribution in [2.24, 2.45) is 11.8 Å². The molecule has 0 saturated heterocycles. The molecule has 1 aliphatic rings. The number of allylic oxidation sites excluding steroid dienone is 2. The third kappa shape index (κ3) is 5.68. The summed E-state index contributed by atoms with van der Waals surface area (Å²) in [7, 11) is 0. The Bertz CT molecular complexity index is 484. The summed E-state index contributed by atoms with van der Waals surface area (Å²) in [5, 5.41) is 8.59. The van der Waals surface area contributed by atoms with Gasteiger partial charge in [0.25, 0.3) is 0 Å². The summed E-state index contributed by atoms with van der Waals surface area (Å²) in [6.45, 7) is 2.25. The minimum Gasteiger partial charge on any atom is -0.193 e. The predicted octanol–water partition coefficient (Wildman–Crippen LogP) is 5.85. The molecule has 0 atom stereocenters. The Morgan fingerprint density at radius 3 is 2.27 bits per heavy atom. The van der Waals surface area contributed by atoms with Gasteiger partial charge in [-0.3, -0.25) is 0 Å². The smallest absolute Gasteiger partial charge is 0.0908 e. The lowest BCUT2D eigenvalue weighted by Crippen LogP contribution is -2.13. The third-order valence-corrected chi connectivity index (χ3v) is 5.02. The molecule has 22 heavy (non-hydrogen) atoms. The number of rotatable bonds is 7. The molecule has 1 aromatic rings. The monoisotopic (exact) mass is 295 g/mol. The van der Waals surface area contributed by atoms with E-state index in [0.717, 1.165) is 5.92 Å². The van der Waals surface area contributed by atoms with Crippen molar-refractivity contribution in [3.05, 3.63) is 47.5 Å². The molecule has 2 rings (SSSR count). The van der Waals surface area contributed by atoms with Crippen LogP contribution in [-0.2, 0) is 12.8 Å². The fourth-order valence-corrected chi connectivity index (χ4v) is 3.47. The van der Waals surface area contributed by atoms with Crippen molar-refractivity contribution in [3.63, 3.8) is 0 Å². The summed E-state index contributed by atoms with van der Waals surface area (Å²) in [6, 6.07) is 11.4. The minimum absolute atomic E-state index is 0.647. The van der Waals surface area contributed by atoms with E-state index in [1.54, 1.807) is 6.08 Å². The van der Waals surface area contributed by atoms with E-state index in [9.17, 15) is 0 Å². The Hall–Kier alpha value is -1.55. The number of nitrogens with zero attached hydrogens (tertiary/aromatic N) is 1. The Balaban J connectivity index is 1.70. The van der Waals surface area contributed by atoms with Gasteiger partial charge in [0.2, 0.25) is 0 Å². The van der Waals surface area contributed by atoms with Gasteiger partial charge in [-0.15, -0.1) is 0 Å². The highest BCUT2D eigenvalue weighted by Crippen LogP contribution is 2.32. The average molecular weight is 295 g/mol. The maximum absolute atomic E-state index is 8.59. The molecule has 0 unspecified atom stereocenters. The molecule has 118 valence electrons. The molecule has 1 saturated carbocycles. The maximum atomic E-state index is 8.59. The van der Waals surface area contributed by atoms with Crippen molar-refractivity contribution in [1.82, 2.24) is 0 Å². The third-order valence-electron chi connectivity index (χ3n) is 5.02. The van der Waals surface area contributed by atoms with Crippen molar-refractivity contribution in [1.29, 1.82) is 5.26 Å².